The number of aryl methyl sites for hydroxylation is 1. The number of nitrogens with one attached hydrogen (secondary N) is 1. The van der Waals surface area contributed by atoms with Gasteiger partial charge >= 0.3 is 0 Å². The molecule has 1 atom stereocenters. The molecule has 1 aliphatic heterocycles. The summed E-state index contributed by atoms with van der Waals surface area (Å²) in [5, 5.41) is 3.30. The molecule has 0 aromatic heterocycles. The molecular formula is C18H28N2O. The number of piperidine rings is 1. The normalized spacial score (nSPS) is 19.6. The maximum atomic E-state index is 12.6. The summed E-state index contributed by atoms with van der Waals surface area (Å²) in [5.74, 6) is 0.278. The molecule has 0 saturated carbocycles. The SMILES string of the molecule is CNC1CCCN(C(=O)CC(C)(C)c2ccc(C)cc2)C1. The molecule has 1 aromatic carbocycles. The summed E-state index contributed by atoms with van der Waals surface area (Å²) in [6, 6.07) is 8.99. The van der Waals surface area contributed by atoms with Crippen LogP contribution in [0.4, 0.5) is 0 Å². The lowest BCUT2D eigenvalue weighted by Gasteiger charge is -2.35. The predicted molar refractivity (Wildman–Crippen MR) is 87.5 cm³/mol. The molecule has 1 aliphatic rings. The van der Waals surface area contributed by atoms with Gasteiger partial charge in [-0.1, -0.05) is 43.7 Å². The van der Waals surface area contributed by atoms with Crippen LogP contribution in [0.2, 0.25) is 0 Å². The number of hydrogen-bond donors (Lipinski definition) is 1. The van der Waals surface area contributed by atoms with Crippen LogP contribution in [0.25, 0.3) is 0 Å². The van der Waals surface area contributed by atoms with E-state index in [0.717, 1.165) is 19.5 Å². The van der Waals surface area contributed by atoms with Crippen molar-refractivity contribution in [1.29, 1.82) is 0 Å². The minimum absolute atomic E-state index is 0.114. The van der Waals surface area contributed by atoms with Gasteiger partial charge in [0, 0.05) is 25.6 Å². The molecule has 0 spiro atoms. The Morgan fingerprint density at radius 1 is 1.33 bits per heavy atom. The largest absolute Gasteiger partial charge is 0.341 e. The third-order valence-electron chi connectivity index (χ3n) is 4.61. The third-order valence-corrected chi connectivity index (χ3v) is 4.61. The fourth-order valence-corrected chi connectivity index (χ4v) is 3.04. The van der Waals surface area contributed by atoms with Crippen molar-refractivity contribution in [2.24, 2.45) is 0 Å². The average Bonchev–Trinajstić information content (AvgIpc) is 2.47. The summed E-state index contributed by atoms with van der Waals surface area (Å²) in [6.07, 6.45) is 2.84. The summed E-state index contributed by atoms with van der Waals surface area (Å²) in [6.45, 7) is 8.16. The van der Waals surface area contributed by atoms with Crippen LogP contribution in [0.15, 0.2) is 24.3 Å². The Labute approximate surface area is 128 Å². The summed E-state index contributed by atoms with van der Waals surface area (Å²) >= 11 is 0. The van der Waals surface area contributed by atoms with E-state index < -0.39 is 0 Å². The van der Waals surface area contributed by atoms with Crippen LogP contribution < -0.4 is 5.32 Å². The van der Waals surface area contributed by atoms with Crippen molar-refractivity contribution >= 4 is 5.91 Å². The van der Waals surface area contributed by atoms with Crippen molar-refractivity contribution in [3.8, 4) is 0 Å². The molecule has 3 nitrogen and oxygen atoms in total. The molecule has 1 unspecified atom stereocenters. The Bertz CT molecular complexity index is 478. The van der Waals surface area contributed by atoms with Gasteiger partial charge in [-0.05, 0) is 37.8 Å². The van der Waals surface area contributed by atoms with E-state index >= 15 is 0 Å². The molecule has 1 fully saturated rings. The van der Waals surface area contributed by atoms with Gasteiger partial charge in [0.25, 0.3) is 0 Å². The standard InChI is InChI=1S/C18H28N2O/c1-14-7-9-15(10-8-14)18(2,3)12-17(21)20-11-5-6-16(13-20)19-4/h7-10,16,19H,5-6,11-13H2,1-4H3. The molecule has 116 valence electrons. The van der Waals surface area contributed by atoms with Gasteiger partial charge in [-0.25, -0.2) is 0 Å². The van der Waals surface area contributed by atoms with Crippen molar-refractivity contribution in [3.63, 3.8) is 0 Å². The van der Waals surface area contributed by atoms with Crippen LogP contribution in [-0.2, 0) is 10.2 Å². The highest BCUT2D eigenvalue weighted by molar-refractivity contribution is 5.78. The summed E-state index contributed by atoms with van der Waals surface area (Å²) in [5.41, 5.74) is 2.38. The Morgan fingerprint density at radius 2 is 2.00 bits per heavy atom. The van der Waals surface area contributed by atoms with Gasteiger partial charge in [-0.15, -0.1) is 0 Å². The summed E-state index contributed by atoms with van der Waals surface area (Å²) < 4.78 is 0. The van der Waals surface area contributed by atoms with E-state index in [0.29, 0.717) is 12.5 Å². The highest BCUT2D eigenvalue weighted by Gasteiger charge is 2.29. The van der Waals surface area contributed by atoms with Crippen LogP contribution in [0.3, 0.4) is 0 Å². The molecule has 21 heavy (non-hydrogen) atoms. The monoisotopic (exact) mass is 288 g/mol. The zero-order valence-corrected chi connectivity index (χ0v) is 13.8. The number of amides is 1. The smallest absolute Gasteiger partial charge is 0.223 e. The average molecular weight is 288 g/mol. The number of benzene rings is 1. The van der Waals surface area contributed by atoms with Crippen LogP contribution in [-0.4, -0.2) is 37.0 Å². The van der Waals surface area contributed by atoms with Crippen LogP contribution >= 0.6 is 0 Å². The van der Waals surface area contributed by atoms with Crippen molar-refractivity contribution in [2.45, 2.75) is 51.5 Å². The van der Waals surface area contributed by atoms with Gasteiger partial charge in [0.05, 0.1) is 0 Å². The molecule has 0 bridgehead atoms. The van der Waals surface area contributed by atoms with Crippen LogP contribution in [0.1, 0.15) is 44.2 Å². The molecule has 2 rings (SSSR count). The second kappa shape index (κ2) is 6.61. The van der Waals surface area contributed by atoms with Crippen molar-refractivity contribution < 1.29 is 4.79 Å². The van der Waals surface area contributed by atoms with Crippen molar-refractivity contribution in [1.82, 2.24) is 10.2 Å². The topological polar surface area (TPSA) is 32.3 Å². The summed E-state index contributed by atoms with van der Waals surface area (Å²) in [4.78, 5) is 14.6. The molecule has 1 aromatic rings. The second-order valence-corrected chi connectivity index (χ2v) is 6.89. The van der Waals surface area contributed by atoms with E-state index in [-0.39, 0.29) is 11.3 Å². The molecular weight excluding hydrogens is 260 g/mol. The highest BCUT2D eigenvalue weighted by Crippen LogP contribution is 2.28. The van der Waals surface area contributed by atoms with Crippen molar-refractivity contribution in [2.75, 3.05) is 20.1 Å². The maximum absolute atomic E-state index is 12.6. The number of likely N-dealkylation sites (tertiary alicyclic amines) is 1. The molecule has 1 saturated heterocycles. The lowest BCUT2D eigenvalue weighted by atomic mass is 9.80. The van der Waals surface area contributed by atoms with E-state index in [2.05, 4.69) is 50.4 Å². The molecule has 0 aliphatic carbocycles. The third kappa shape index (κ3) is 4.07. The first-order chi connectivity index (χ1) is 9.92. The van der Waals surface area contributed by atoms with E-state index in [1.807, 2.05) is 11.9 Å². The van der Waals surface area contributed by atoms with Gasteiger partial charge < -0.3 is 10.2 Å². The molecule has 1 amide bonds. The molecule has 1 heterocycles. The zero-order valence-electron chi connectivity index (χ0n) is 13.8. The van der Waals surface area contributed by atoms with Crippen molar-refractivity contribution in [3.05, 3.63) is 35.4 Å². The van der Waals surface area contributed by atoms with Crippen LogP contribution in [0.5, 0.6) is 0 Å². The van der Waals surface area contributed by atoms with E-state index in [4.69, 9.17) is 0 Å². The van der Waals surface area contributed by atoms with Gasteiger partial charge in [-0.2, -0.15) is 0 Å². The van der Waals surface area contributed by atoms with Gasteiger partial charge in [0.15, 0.2) is 0 Å². The second-order valence-electron chi connectivity index (χ2n) is 6.89. The highest BCUT2D eigenvalue weighted by atomic mass is 16.2. The number of hydrogen-bond acceptors (Lipinski definition) is 2. The van der Waals surface area contributed by atoms with Crippen LogP contribution in [0, 0.1) is 6.92 Å². The number of carbonyl (C=O) groups excluding carboxylic acids is 1. The first-order valence-corrected chi connectivity index (χ1v) is 7.94. The Hall–Kier alpha value is -1.35. The zero-order chi connectivity index (χ0) is 15.5. The molecule has 3 heteroatoms. The first-order valence-electron chi connectivity index (χ1n) is 7.94. The van der Waals surface area contributed by atoms with Gasteiger partial charge in [0.2, 0.25) is 5.91 Å². The molecule has 1 N–H and O–H groups in total. The van der Waals surface area contributed by atoms with E-state index in [1.54, 1.807) is 0 Å². The number of rotatable bonds is 4. The summed E-state index contributed by atoms with van der Waals surface area (Å²) in [7, 11) is 1.98. The minimum atomic E-state index is -0.114. The fourth-order valence-electron chi connectivity index (χ4n) is 3.04. The lowest BCUT2D eigenvalue weighted by Crippen LogP contribution is -2.48. The fraction of sp³-hybridized carbons (Fsp3) is 0.611. The first kappa shape index (κ1) is 16.0. The van der Waals surface area contributed by atoms with Gasteiger partial charge in [-0.3, -0.25) is 4.79 Å². The quantitative estimate of drug-likeness (QED) is 0.924. The number of likely N-dealkylation sites (N-methyl/N-ethyl adjacent to an activating group) is 1. The number of nitrogens with zero attached hydrogens (tertiary/aromatic N) is 1. The minimum Gasteiger partial charge on any atom is -0.341 e. The Morgan fingerprint density at radius 3 is 2.62 bits per heavy atom. The predicted octanol–water partition coefficient (Wildman–Crippen LogP) is 2.87. The number of carbonyl (C=O) groups is 1. The van der Waals surface area contributed by atoms with E-state index in [1.165, 1.54) is 17.5 Å². The maximum Gasteiger partial charge on any atom is 0.223 e. The Balaban J connectivity index is 2.02. The van der Waals surface area contributed by atoms with E-state index in [9.17, 15) is 4.79 Å². The Kier molecular flexibility index (Phi) is 5.04. The lowest BCUT2D eigenvalue weighted by molar-refractivity contribution is -0.133. The van der Waals surface area contributed by atoms with Gasteiger partial charge in [0.1, 0.15) is 0 Å². The molecule has 0 radical (unpaired) electrons.